The first-order valence-corrected chi connectivity index (χ1v) is 3.64. The minimum Gasteiger partial charge on any atom is -0.394 e. The molecule has 0 fully saturated rings. The molecular formula is C8H11FN2O. The van der Waals surface area contributed by atoms with Crippen molar-refractivity contribution in [1.82, 2.24) is 4.98 Å². The molecule has 1 unspecified atom stereocenters. The Bertz CT molecular complexity index is 278. The van der Waals surface area contributed by atoms with E-state index in [1.807, 2.05) is 0 Å². The molecule has 4 heteroatoms. The van der Waals surface area contributed by atoms with E-state index in [1.165, 1.54) is 12.1 Å². The van der Waals surface area contributed by atoms with Crippen molar-refractivity contribution in [1.29, 1.82) is 0 Å². The van der Waals surface area contributed by atoms with Gasteiger partial charge in [0.25, 0.3) is 0 Å². The number of aliphatic hydroxyl groups is 1. The van der Waals surface area contributed by atoms with Crippen molar-refractivity contribution >= 4 is 0 Å². The number of hydrogen-bond donors (Lipinski definition) is 2. The Morgan fingerprint density at radius 1 is 1.67 bits per heavy atom. The second-order valence-corrected chi connectivity index (χ2v) is 2.59. The number of aliphatic hydroxyl groups excluding tert-OH is 1. The van der Waals surface area contributed by atoms with Gasteiger partial charge in [0, 0.05) is 0 Å². The maximum atomic E-state index is 12.7. The first-order valence-electron chi connectivity index (χ1n) is 3.64. The molecule has 0 saturated carbocycles. The van der Waals surface area contributed by atoms with Crippen LogP contribution >= 0.6 is 0 Å². The Labute approximate surface area is 70.0 Å². The Kier molecular flexibility index (Phi) is 2.73. The van der Waals surface area contributed by atoms with Gasteiger partial charge >= 0.3 is 0 Å². The lowest BCUT2D eigenvalue weighted by atomic mass is 10.2. The molecule has 1 heterocycles. The van der Waals surface area contributed by atoms with Crippen molar-refractivity contribution < 1.29 is 9.50 Å². The average Bonchev–Trinajstić information content (AvgIpc) is 2.08. The predicted octanol–water partition coefficient (Wildman–Crippen LogP) is 0.521. The van der Waals surface area contributed by atoms with Gasteiger partial charge in [0.1, 0.15) is 5.82 Å². The third-order valence-electron chi connectivity index (χ3n) is 1.62. The summed E-state index contributed by atoms with van der Waals surface area (Å²) in [5.74, 6) is -0.358. The van der Waals surface area contributed by atoms with Crippen LogP contribution in [0.2, 0.25) is 0 Å². The molecule has 3 N–H and O–H groups in total. The average molecular weight is 170 g/mol. The van der Waals surface area contributed by atoms with Crippen molar-refractivity contribution in [3.8, 4) is 0 Å². The third kappa shape index (κ3) is 1.78. The van der Waals surface area contributed by atoms with E-state index < -0.39 is 6.04 Å². The summed E-state index contributed by atoms with van der Waals surface area (Å²) in [5.41, 5.74) is 6.29. The Morgan fingerprint density at radius 3 is 2.83 bits per heavy atom. The molecule has 3 nitrogen and oxygen atoms in total. The minimum absolute atomic E-state index is 0.182. The fraction of sp³-hybridized carbons (Fsp3) is 0.375. The van der Waals surface area contributed by atoms with Gasteiger partial charge in [-0.1, -0.05) is 0 Å². The van der Waals surface area contributed by atoms with Crippen LogP contribution < -0.4 is 5.73 Å². The quantitative estimate of drug-likeness (QED) is 0.680. The molecule has 66 valence electrons. The van der Waals surface area contributed by atoms with E-state index >= 15 is 0 Å². The highest BCUT2D eigenvalue weighted by molar-refractivity contribution is 5.14. The summed E-state index contributed by atoms with van der Waals surface area (Å²) in [6, 6.07) is 2.25. The smallest absolute Gasteiger partial charge is 0.144 e. The van der Waals surface area contributed by atoms with Crippen molar-refractivity contribution in [2.24, 2.45) is 5.73 Å². The standard InChI is InChI=1S/C8H11FN2O/c1-5-6(9)2-3-8(11-5)7(10)4-12/h2-3,7,12H,4,10H2,1H3. The van der Waals surface area contributed by atoms with Crippen LogP contribution in [0.25, 0.3) is 0 Å². The molecule has 1 rings (SSSR count). The van der Waals surface area contributed by atoms with E-state index in [4.69, 9.17) is 10.8 Å². The molecule has 0 aliphatic heterocycles. The van der Waals surface area contributed by atoms with Crippen molar-refractivity contribution in [2.45, 2.75) is 13.0 Å². The highest BCUT2D eigenvalue weighted by atomic mass is 19.1. The lowest BCUT2D eigenvalue weighted by molar-refractivity contribution is 0.265. The summed E-state index contributed by atoms with van der Waals surface area (Å²) in [6.45, 7) is 1.38. The zero-order chi connectivity index (χ0) is 9.14. The monoisotopic (exact) mass is 170 g/mol. The zero-order valence-corrected chi connectivity index (χ0v) is 6.79. The first-order chi connectivity index (χ1) is 5.65. The van der Waals surface area contributed by atoms with Crippen LogP contribution in [0, 0.1) is 12.7 Å². The SMILES string of the molecule is Cc1nc(C(N)CO)ccc1F. The van der Waals surface area contributed by atoms with Crippen LogP contribution in [0.15, 0.2) is 12.1 Å². The van der Waals surface area contributed by atoms with Crippen LogP contribution in [0.4, 0.5) is 4.39 Å². The van der Waals surface area contributed by atoms with Crippen molar-refractivity contribution in [3.05, 3.63) is 29.3 Å². The van der Waals surface area contributed by atoms with Gasteiger partial charge in [-0.2, -0.15) is 0 Å². The Hall–Kier alpha value is -1.00. The Morgan fingerprint density at radius 2 is 2.33 bits per heavy atom. The largest absolute Gasteiger partial charge is 0.394 e. The number of pyridine rings is 1. The summed E-state index contributed by atoms with van der Waals surface area (Å²) >= 11 is 0. The maximum Gasteiger partial charge on any atom is 0.144 e. The third-order valence-corrected chi connectivity index (χ3v) is 1.62. The molecule has 0 bridgehead atoms. The summed E-state index contributed by atoms with van der Waals surface area (Å²) in [4.78, 5) is 3.88. The second kappa shape index (κ2) is 3.60. The normalized spacial score (nSPS) is 13.0. The molecule has 0 aliphatic carbocycles. The van der Waals surface area contributed by atoms with Gasteiger partial charge in [-0.05, 0) is 19.1 Å². The predicted molar refractivity (Wildman–Crippen MR) is 42.9 cm³/mol. The summed E-state index contributed by atoms with van der Waals surface area (Å²) in [5, 5.41) is 8.69. The van der Waals surface area contributed by atoms with E-state index in [0.717, 1.165) is 0 Å². The molecular weight excluding hydrogens is 159 g/mol. The van der Waals surface area contributed by atoms with Gasteiger partial charge in [-0.15, -0.1) is 0 Å². The summed E-state index contributed by atoms with van der Waals surface area (Å²) in [7, 11) is 0. The van der Waals surface area contributed by atoms with E-state index in [-0.39, 0.29) is 12.4 Å². The number of hydrogen-bond acceptors (Lipinski definition) is 3. The van der Waals surface area contributed by atoms with Crippen LogP contribution in [0.3, 0.4) is 0 Å². The zero-order valence-electron chi connectivity index (χ0n) is 6.79. The Balaban J connectivity index is 2.96. The molecule has 1 aromatic rings. The molecule has 1 aromatic heterocycles. The highest BCUT2D eigenvalue weighted by Crippen LogP contribution is 2.09. The number of aromatic nitrogens is 1. The topological polar surface area (TPSA) is 59.1 Å². The van der Waals surface area contributed by atoms with Crippen LogP contribution in [-0.2, 0) is 0 Å². The molecule has 1 atom stereocenters. The molecule has 0 saturated heterocycles. The van der Waals surface area contributed by atoms with Crippen molar-refractivity contribution in [3.63, 3.8) is 0 Å². The number of nitrogens with zero attached hydrogens (tertiary/aromatic N) is 1. The fourth-order valence-electron chi connectivity index (χ4n) is 0.864. The molecule has 0 aromatic carbocycles. The molecule has 0 aliphatic rings. The fourth-order valence-corrected chi connectivity index (χ4v) is 0.864. The van der Waals surface area contributed by atoms with Gasteiger partial charge < -0.3 is 10.8 Å². The van der Waals surface area contributed by atoms with Crippen LogP contribution in [-0.4, -0.2) is 16.7 Å². The van der Waals surface area contributed by atoms with Gasteiger partial charge in [0.15, 0.2) is 0 Å². The van der Waals surface area contributed by atoms with Crippen LogP contribution in [0.1, 0.15) is 17.4 Å². The summed E-state index contributed by atoms with van der Waals surface area (Å²) in [6.07, 6.45) is 0. The second-order valence-electron chi connectivity index (χ2n) is 2.59. The van der Waals surface area contributed by atoms with Crippen molar-refractivity contribution in [2.75, 3.05) is 6.61 Å². The van der Waals surface area contributed by atoms with Gasteiger partial charge in [-0.25, -0.2) is 4.39 Å². The van der Waals surface area contributed by atoms with E-state index in [2.05, 4.69) is 4.98 Å². The molecule has 0 radical (unpaired) electrons. The highest BCUT2D eigenvalue weighted by Gasteiger charge is 2.07. The number of nitrogens with two attached hydrogens (primary N) is 1. The summed E-state index contributed by atoms with van der Waals surface area (Å²) < 4.78 is 12.7. The van der Waals surface area contributed by atoms with E-state index in [9.17, 15) is 4.39 Å². The van der Waals surface area contributed by atoms with E-state index in [1.54, 1.807) is 6.92 Å². The lowest BCUT2D eigenvalue weighted by Crippen LogP contribution is -2.16. The number of rotatable bonds is 2. The molecule has 0 amide bonds. The van der Waals surface area contributed by atoms with Crippen LogP contribution in [0.5, 0.6) is 0 Å². The van der Waals surface area contributed by atoms with Gasteiger partial charge in [0.2, 0.25) is 0 Å². The minimum atomic E-state index is -0.524. The molecule has 0 spiro atoms. The number of halogens is 1. The van der Waals surface area contributed by atoms with Gasteiger partial charge in [-0.3, -0.25) is 4.98 Å². The lowest BCUT2D eigenvalue weighted by Gasteiger charge is -2.07. The number of aryl methyl sites for hydroxylation is 1. The van der Waals surface area contributed by atoms with Gasteiger partial charge in [0.05, 0.1) is 24.0 Å². The van der Waals surface area contributed by atoms with E-state index in [0.29, 0.717) is 11.4 Å². The molecule has 12 heavy (non-hydrogen) atoms. The maximum absolute atomic E-state index is 12.7. The first kappa shape index (κ1) is 9.09.